The topological polar surface area (TPSA) is 235 Å². The number of carbonyl (C=O) groups is 3. The van der Waals surface area contributed by atoms with Crippen LogP contribution in [0.15, 0.2) is 114 Å². The monoisotopic (exact) mass is 1070 g/mol. The second-order valence-electron chi connectivity index (χ2n) is 21.1. The van der Waals surface area contributed by atoms with Gasteiger partial charge in [0.1, 0.15) is 18.1 Å². The quantitative estimate of drug-likeness (QED) is 0.0238. The molecule has 17 nitrogen and oxygen atoms in total. The lowest BCUT2D eigenvalue weighted by Gasteiger charge is -2.45. The smallest absolute Gasteiger partial charge is 0.412 e. The number of anilines is 2. The van der Waals surface area contributed by atoms with E-state index in [-0.39, 0.29) is 47.0 Å². The van der Waals surface area contributed by atoms with Crippen molar-refractivity contribution in [3.63, 3.8) is 0 Å². The normalized spacial score (nSPS) is 16.1. The maximum absolute atomic E-state index is 13.5. The van der Waals surface area contributed by atoms with Crippen molar-refractivity contribution >= 4 is 66.0 Å². The number of nitrogens with one attached hydrogen (secondary N) is 4. The number of fused-ring (bicyclic) bond motifs is 1. The molecule has 7 rings (SSSR count). The first-order valence-electron chi connectivity index (χ1n) is 25.3. The van der Waals surface area contributed by atoms with Gasteiger partial charge < -0.3 is 45.0 Å². The molecule has 1 fully saturated rings. The second-order valence-corrected chi connectivity index (χ2v) is 26.2. The van der Waals surface area contributed by atoms with E-state index in [0.717, 1.165) is 27.8 Å². The Morgan fingerprint density at radius 3 is 2.32 bits per heavy atom. The Morgan fingerprint density at radius 1 is 0.961 bits per heavy atom. The zero-order valence-electron chi connectivity index (χ0n) is 44.0. The first-order chi connectivity index (χ1) is 36.0. The number of ether oxygens (including phenoxy) is 2. The average Bonchev–Trinajstić information content (AvgIpc) is 3.38. The molecule has 0 unspecified atom stereocenters. The van der Waals surface area contributed by atoms with Crippen LogP contribution in [0.5, 0.6) is 11.5 Å². The van der Waals surface area contributed by atoms with Crippen LogP contribution in [0.2, 0.25) is 23.2 Å². The van der Waals surface area contributed by atoms with E-state index in [1.807, 2.05) is 61.5 Å². The minimum Gasteiger partial charge on any atom is -0.506 e. The minimum atomic E-state index is -2.33. The molecule has 1 aromatic heterocycles. The Morgan fingerprint density at radius 2 is 1.66 bits per heavy atom. The van der Waals surface area contributed by atoms with Crippen LogP contribution >= 0.6 is 11.6 Å². The average molecular weight is 1080 g/mol. The molecule has 0 bridgehead atoms. The number of alkyl carbamates (subject to hydrolysis) is 1. The van der Waals surface area contributed by atoms with Crippen molar-refractivity contribution in [2.45, 2.75) is 122 Å². The van der Waals surface area contributed by atoms with Gasteiger partial charge >= 0.3 is 12.2 Å². The van der Waals surface area contributed by atoms with Gasteiger partial charge in [0, 0.05) is 71.9 Å². The second kappa shape index (κ2) is 24.2. The number of phenols is 1. The number of halogens is 1. The Kier molecular flexibility index (Phi) is 18.0. The van der Waals surface area contributed by atoms with Crippen LogP contribution in [0.1, 0.15) is 94.6 Å². The van der Waals surface area contributed by atoms with Crippen LogP contribution in [0.4, 0.5) is 26.7 Å². The number of amides is 3. The predicted octanol–water partition coefficient (Wildman–Crippen LogP) is 12.4. The lowest BCUT2D eigenvalue weighted by Crippen LogP contribution is -2.54. The molecular weight excluding hydrogens is 1010 g/mol. The third kappa shape index (κ3) is 13.8. The number of aromatic amines is 1. The Balaban J connectivity index is 0.986. The van der Waals surface area contributed by atoms with Crippen LogP contribution in [0, 0.1) is 10.1 Å². The Hall–Kier alpha value is -7.25. The summed E-state index contributed by atoms with van der Waals surface area (Å²) in [7, 11) is -0.784. The summed E-state index contributed by atoms with van der Waals surface area (Å²) in [6, 6.07) is 30.8. The number of non-ortho nitro benzene ring substituents is 1. The van der Waals surface area contributed by atoms with Gasteiger partial charge in [-0.05, 0) is 122 Å². The van der Waals surface area contributed by atoms with Gasteiger partial charge in [0.05, 0.1) is 40.1 Å². The molecule has 1 atom stereocenters. The summed E-state index contributed by atoms with van der Waals surface area (Å²) < 4.78 is 18.1. The molecule has 0 radical (unpaired) electrons. The Bertz CT molecular complexity index is 3120. The van der Waals surface area contributed by atoms with Crippen LogP contribution in [0.3, 0.4) is 0 Å². The number of phenolic OH excluding ortho intramolecular Hbond substituents is 1. The van der Waals surface area contributed by atoms with Crippen molar-refractivity contribution in [1.82, 2.24) is 15.6 Å². The third-order valence-electron chi connectivity index (χ3n) is 14.7. The molecule has 6 aromatic rings. The van der Waals surface area contributed by atoms with E-state index < -0.39 is 37.1 Å². The number of pyridine rings is 1. The van der Waals surface area contributed by atoms with Gasteiger partial charge in [0.2, 0.25) is 11.5 Å². The fourth-order valence-corrected chi connectivity index (χ4v) is 10.9. The number of methoxy groups -OCH3 is 1. The molecule has 1 aliphatic carbocycles. The molecule has 1 saturated carbocycles. The largest absolute Gasteiger partial charge is 0.506 e. The number of nitro benzene ring substituents is 1. The fraction of sp³-hybridized carbons (Fsp3) is 0.368. The number of benzene rings is 5. The number of aryl methyl sites for hydroxylation is 1. The van der Waals surface area contributed by atoms with Crippen molar-refractivity contribution < 1.29 is 43.4 Å². The summed E-state index contributed by atoms with van der Waals surface area (Å²) in [5.41, 5.74) is 4.66. The molecule has 1 heterocycles. The molecule has 402 valence electrons. The van der Waals surface area contributed by atoms with Crippen LogP contribution < -0.4 is 31.1 Å². The molecule has 0 saturated heterocycles. The number of hydrogen-bond donors (Lipinski definition) is 6. The van der Waals surface area contributed by atoms with E-state index in [1.165, 1.54) is 35.2 Å². The lowest BCUT2D eigenvalue weighted by atomic mass is 9.79. The lowest BCUT2D eigenvalue weighted by molar-refractivity contribution is -0.384. The van der Waals surface area contributed by atoms with Crippen LogP contribution in [-0.4, -0.2) is 71.8 Å². The van der Waals surface area contributed by atoms with Gasteiger partial charge in [0.15, 0.2) is 8.32 Å². The van der Waals surface area contributed by atoms with E-state index in [1.54, 1.807) is 31.4 Å². The first kappa shape index (κ1) is 56.5. The highest BCUT2D eigenvalue weighted by atomic mass is 35.5. The summed E-state index contributed by atoms with van der Waals surface area (Å²) in [6.07, 6.45) is 0.800. The van der Waals surface area contributed by atoms with Gasteiger partial charge in [-0.2, -0.15) is 0 Å². The summed E-state index contributed by atoms with van der Waals surface area (Å²) in [5, 5.41) is 42.8. The number of hydrogen-bond acceptors (Lipinski definition) is 11. The highest BCUT2D eigenvalue weighted by Crippen LogP contribution is 2.43. The molecule has 19 heteroatoms. The molecule has 6 N–H and O–H groups in total. The molecule has 3 amide bonds. The third-order valence-corrected chi connectivity index (χ3v) is 19.5. The number of aromatic hydroxyl groups is 1. The molecule has 0 aliphatic heterocycles. The van der Waals surface area contributed by atoms with Crippen molar-refractivity contribution in [3.05, 3.63) is 157 Å². The van der Waals surface area contributed by atoms with E-state index in [4.69, 9.17) is 25.5 Å². The zero-order chi connectivity index (χ0) is 55.0. The SMILES string of the molecule is COc1cc(NC(=O)CCCc2ccc(-c3ccccc3)c(N(C(=O)O)C3(C)CCC(NC(=O)OCc4ccc([N+](=O)[O-])cc4)CC3)c2)c(Cl)cc1CNC[C@@H](O[Si](C)(C)C(C)(C)C)c1ccc(O)c2[nH]c(=O)ccc12. The van der Waals surface area contributed by atoms with E-state index in [0.29, 0.717) is 90.2 Å². The standard InChI is InChI=1S/C57H67ClN6O11Si/c1-56(2,3)76(6,7)75-50(43-22-24-48(65)53-44(43)23-25-52(67)62-53)34-59-33-39-31-45(58)46(32-49(39)73-5)61-51(66)15-11-12-36-18-21-42(38-13-9-8-10-14-38)47(30-36)63(55(69)70)57(4)28-26-40(27-29-57)60-54(68)74-35-37-16-19-41(20-17-37)64(71)72/h8-10,13-14,16-25,30-32,40,50,59,65H,11-12,15,26-29,33-35H2,1-7H3,(H,60,68)(H,61,66)(H,62,67)(H,69,70)/t40?,50-,57?/m1/s1. The number of aromatic nitrogens is 1. The first-order valence-corrected chi connectivity index (χ1v) is 28.6. The van der Waals surface area contributed by atoms with Gasteiger partial charge in [-0.1, -0.05) is 80.9 Å². The summed E-state index contributed by atoms with van der Waals surface area (Å²) in [5.74, 6) is 0.217. The maximum Gasteiger partial charge on any atom is 0.412 e. The van der Waals surface area contributed by atoms with Gasteiger partial charge in [-0.25, -0.2) is 9.59 Å². The van der Waals surface area contributed by atoms with Gasteiger partial charge in [0.25, 0.3) is 5.69 Å². The molecule has 5 aromatic carbocycles. The predicted molar refractivity (Wildman–Crippen MR) is 298 cm³/mol. The number of carbonyl (C=O) groups excluding carboxylic acids is 2. The molecule has 1 aliphatic rings. The number of carboxylic acid groups (broad SMARTS) is 1. The fourth-order valence-electron chi connectivity index (χ4n) is 9.39. The van der Waals surface area contributed by atoms with Crippen molar-refractivity contribution in [3.8, 4) is 22.6 Å². The van der Waals surface area contributed by atoms with Crippen molar-refractivity contribution in [1.29, 1.82) is 0 Å². The minimum absolute atomic E-state index is 0.0313. The van der Waals surface area contributed by atoms with E-state index in [2.05, 4.69) is 54.8 Å². The summed E-state index contributed by atoms with van der Waals surface area (Å²) >= 11 is 6.83. The van der Waals surface area contributed by atoms with Crippen LogP contribution in [0.25, 0.3) is 22.0 Å². The number of rotatable bonds is 20. The number of H-pyrrole nitrogens is 1. The molecular formula is C57H67ClN6O11Si. The number of nitrogens with zero attached hydrogens (tertiary/aromatic N) is 2. The molecule has 0 spiro atoms. The van der Waals surface area contributed by atoms with Gasteiger partial charge in [-0.15, -0.1) is 0 Å². The Labute approximate surface area is 448 Å². The van der Waals surface area contributed by atoms with Crippen molar-refractivity contribution in [2.24, 2.45) is 0 Å². The zero-order valence-corrected chi connectivity index (χ0v) is 45.7. The van der Waals surface area contributed by atoms with E-state index >= 15 is 0 Å². The van der Waals surface area contributed by atoms with Gasteiger partial charge in [-0.3, -0.25) is 24.6 Å². The highest BCUT2D eigenvalue weighted by Gasteiger charge is 2.42. The summed E-state index contributed by atoms with van der Waals surface area (Å²) in [4.78, 5) is 66.6. The van der Waals surface area contributed by atoms with E-state index in [9.17, 15) is 39.5 Å². The van der Waals surface area contributed by atoms with Crippen molar-refractivity contribution in [2.75, 3.05) is 23.9 Å². The highest BCUT2D eigenvalue weighted by molar-refractivity contribution is 6.74. The van der Waals surface area contributed by atoms with Crippen LogP contribution in [-0.2, 0) is 33.5 Å². The maximum atomic E-state index is 13.5. The number of nitro groups is 1. The molecule has 76 heavy (non-hydrogen) atoms. The summed E-state index contributed by atoms with van der Waals surface area (Å²) in [6.45, 7) is 13.4.